The van der Waals surface area contributed by atoms with Crippen LogP contribution in [0, 0.1) is 6.08 Å². The van der Waals surface area contributed by atoms with E-state index in [4.69, 9.17) is 0 Å². The second-order valence-electron chi connectivity index (χ2n) is 6.63. The number of benzene rings is 2. The number of nitrogens with zero attached hydrogens (tertiary/aromatic N) is 1. The second kappa shape index (κ2) is 7.54. The predicted molar refractivity (Wildman–Crippen MR) is 105 cm³/mol. The zero-order valence-electron chi connectivity index (χ0n) is 14.3. The van der Waals surface area contributed by atoms with E-state index >= 15 is 0 Å². The van der Waals surface area contributed by atoms with Crippen molar-refractivity contribution in [3.63, 3.8) is 0 Å². The third-order valence-corrected chi connectivity index (χ3v) is 7.13. The van der Waals surface area contributed by atoms with Crippen molar-refractivity contribution in [3.8, 4) is 0 Å². The average Bonchev–Trinajstić information content (AvgIpc) is 2.97. The molecule has 0 bridgehead atoms. The molecule has 6 heteroatoms. The fraction of sp³-hybridized carbons (Fsp3) is 0.143. The first kappa shape index (κ1) is 21.5. The number of allylic oxidation sites excluding steroid dienone is 2. The SMILES string of the molecule is CN1c2ccccc2C2=c3ccc(Br)c(C4=C5SC5=[C-]C4)c3=CC21.[Cl-].[Cl-].[Zr+3]. The summed E-state index contributed by atoms with van der Waals surface area (Å²) in [6.07, 6.45) is 6.89. The van der Waals surface area contributed by atoms with Crippen LogP contribution in [-0.4, -0.2) is 13.1 Å². The zero-order chi connectivity index (χ0) is 16.0. The van der Waals surface area contributed by atoms with Gasteiger partial charge in [-0.3, -0.25) is 6.08 Å². The quantitative estimate of drug-likeness (QED) is 0.292. The van der Waals surface area contributed by atoms with Crippen LogP contribution in [0.5, 0.6) is 0 Å². The van der Waals surface area contributed by atoms with E-state index < -0.39 is 0 Å². The molecule has 2 aliphatic heterocycles. The first-order valence-corrected chi connectivity index (χ1v) is 9.74. The van der Waals surface area contributed by atoms with Crippen molar-refractivity contribution >= 4 is 50.6 Å². The van der Waals surface area contributed by atoms with E-state index in [0.717, 1.165) is 6.42 Å². The van der Waals surface area contributed by atoms with Crippen molar-refractivity contribution in [2.75, 3.05) is 11.9 Å². The summed E-state index contributed by atoms with van der Waals surface area (Å²) in [7, 11) is 2.20. The van der Waals surface area contributed by atoms with E-state index in [0.29, 0.717) is 6.04 Å². The fourth-order valence-electron chi connectivity index (χ4n) is 4.32. The molecule has 27 heavy (non-hydrogen) atoms. The maximum atomic E-state index is 3.81. The molecule has 2 aromatic carbocycles. The average molecular weight is 553 g/mol. The molecule has 1 radical (unpaired) electrons. The first-order chi connectivity index (χ1) is 11.7. The van der Waals surface area contributed by atoms with Crippen molar-refractivity contribution in [3.05, 3.63) is 78.3 Å². The number of para-hydroxylation sites is 1. The number of fused-ring (bicyclic) bond motifs is 5. The fourth-order valence-corrected chi connectivity index (χ4v) is 5.69. The molecule has 1 atom stereocenters. The van der Waals surface area contributed by atoms with Gasteiger partial charge in [0.15, 0.2) is 0 Å². The van der Waals surface area contributed by atoms with Gasteiger partial charge >= 0.3 is 26.2 Å². The van der Waals surface area contributed by atoms with Crippen molar-refractivity contribution in [1.82, 2.24) is 0 Å². The normalized spacial score (nSPS) is 19.6. The van der Waals surface area contributed by atoms with Gasteiger partial charge < -0.3 is 29.7 Å². The Morgan fingerprint density at radius 3 is 2.63 bits per heavy atom. The molecule has 0 amide bonds. The number of hydrogen-bond donors (Lipinski definition) is 0. The Bertz CT molecular complexity index is 1160. The summed E-state index contributed by atoms with van der Waals surface area (Å²) in [5, 5.41) is 2.78. The summed E-state index contributed by atoms with van der Waals surface area (Å²) in [5.41, 5.74) is 7.00. The molecule has 2 aliphatic carbocycles. The molecule has 1 saturated heterocycles. The Balaban J connectivity index is 0.000000701. The summed E-state index contributed by atoms with van der Waals surface area (Å²) >= 11 is 5.69. The number of thioether (sulfide) groups is 1. The van der Waals surface area contributed by atoms with Gasteiger partial charge in [0.1, 0.15) is 0 Å². The minimum atomic E-state index is 0. The van der Waals surface area contributed by atoms with Gasteiger partial charge in [-0.1, -0.05) is 46.6 Å². The van der Waals surface area contributed by atoms with Crippen molar-refractivity contribution in [1.29, 1.82) is 0 Å². The third kappa shape index (κ3) is 2.90. The predicted octanol–water partition coefficient (Wildman–Crippen LogP) is -2.19. The van der Waals surface area contributed by atoms with E-state index in [2.05, 4.69) is 76.4 Å². The van der Waals surface area contributed by atoms with Gasteiger partial charge in [-0.15, -0.1) is 10.5 Å². The smallest absolute Gasteiger partial charge is 1.00 e. The summed E-state index contributed by atoms with van der Waals surface area (Å²) in [6, 6.07) is 13.6. The van der Waals surface area contributed by atoms with Crippen molar-refractivity contribution in [2.24, 2.45) is 0 Å². The van der Waals surface area contributed by atoms with Gasteiger partial charge in [0, 0.05) is 22.8 Å². The van der Waals surface area contributed by atoms with Crippen LogP contribution >= 0.6 is 27.7 Å². The molecular weight excluding hydrogens is 540 g/mol. The number of anilines is 1. The summed E-state index contributed by atoms with van der Waals surface area (Å²) in [6.45, 7) is 0. The Kier molecular flexibility index (Phi) is 5.99. The maximum absolute atomic E-state index is 3.81. The molecule has 4 aliphatic rings. The van der Waals surface area contributed by atoms with Crippen LogP contribution in [0.3, 0.4) is 0 Å². The minimum absolute atomic E-state index is 0. The minimum Gasteiger partial charge on any atom is -1.00 e. The van der Waals surface area contributed by atoms with Crippen LogP contribution in [0.2, 0.25) is 0 Å². The van der Waals surface area contributed by atoms with E-state index in [-0.39, 0.29) is 51.0 Å². The van der Waals surface area contributed by atoms with Crippen molar-refractivity contribution in [2.45, 2.75) is 12.5 Å². The molecule has 1 fully saturated rings. The van der Waals surface area contributed by atoms with Crippen LogP contribution in [0.1, 0.15) is 17.5 Å². The number of halogens is 3. The topological polar surface area (TPSA) is 3.24 Å². The molecule has 1 unspecified atom stereocenters. The molecular formula is C21H13BrCl2NSZr. The van der Waals surface area contributed by atoms with Crippen LogP contribution in [-0.2, 0) is 26.2 Å². The maximum Gasteiger partial charge on any atom is 3.00 e. The summed E-state index contributed by atoms with van der Waals surface area (Å²) in [4.78, 5) is 5.22. The van der Waals surface area contributed by atoms with E-state index in [1.54, 1.807) is 0 Å². The van der Waals surface area contributed by atoms with Gasteiger partial charge in [-0.05, 0) is 39.8 Å². The van der Waals surface area contributed by atoms with Crippen LogP contribution in [0.25, 0.3) is 17.2 Å². The molecule has 133 valence electrons. The molecule has 0 spiro atoms. The molecule has 0 saturated carbocycles. The Morgan fingerprint density at radius 1 is 1.15 bits per heavy atom. The Labute approximate surface area is 202 Å². The van der Waals surface area contributed by atoms with Crippen LogP contribution < -0.4 is 40.2 Å². The van der Waals surface area contributed by atoms with Crippen LogP contribution in [0.4, 0.5) is 5.69 Å². The van der Waals surface area contributed by atoms with E-state index in [1.165, 1.54) is 52.7 Å². The van der Waals surface area contributed by atoms with E-state index in [9.17, 15) is 0 Å². The van der Waals surface area contributed by atoms with Gasteiger partial charge in [-0.2, -0.15) is 4.91 Å². The van der Waals surface area contributed by atoms with Gasteiger partial charge in [-0.25, -0.2) is 11.8 Å². The largest absolute Gasteiger partial charge is 3.00 e. The molecule has 1 nitrogen and oxygen atoms in total. The monoisotopic (exact) mass is 550 g/mol. The zero-order valence-corrected chi connectivity index (χ0v) is 20.7. The van der Waals surface area contributed by atoms with Gasteiger partial charge in [0.05, 0.1) is 6.04 Å². The molecule has 2 aromatic rings. The molecule has 0 aromatic heterocycles. The van der Waals surface area contributed by atoms with Crippen molar-refractivity contribution < 1.29 is 51.0 Å². The number of hydrogen-bond acceptors (Lipinski definition) is 2. The summed E-state index contributed by atoms with van der Waals surface area (Å²) in [5.74, 6) is 0. The third-order valence-electron chi connectivity index (χ3n) is 5.47. The van der Waals surface area contributed by atoms with Gasteiger partial charge in [0.2, 0.25) is 0 Å². The molecule has 6 rings (SSSR count). The first-order valence-electron chi connectivity index (χ1n) is 8.13. The Morgan fingerprint density at radius 2 is 1.93 bits per heavy atom. The second-order valence-corrected chi connectivity index (χ2v) is 8.50. The van der Waals surface area contributed by atoms with Crippen LogP contribution in [0.15, 0.2) is 50.7 Å². The molecule has 0 N–H and O–H groups in total. The van der Waals surface area contributed by atoms with Gasteiger partial charge in [0.25, 0.3) is 0 Å². The standard InChI is InChI=1S/C21H13BrNS.2ClH.Zr/c1-23-16-5-3-2-4-12(16)20-11-6-8-15(22)19(14(11)10-17(20)23)13-7-9-18-21(13)24-18;;;/h2-6,8,10,17H,7H2,1H3;2*1H;/q-1;;;+3/p-2. The van der Waals surface area contributed by atoms with E-state index in [1.807, 2.05) is 11.8 Å². The number of likely N-dealkylation sites (N-methyl/N-ethyl adjacent to an activating group) is 1. The Hall–Kier alpha value is -0.247. The summed E-state index contributed by atoms with van der Waals surface area (Å²) < 4.78 is 1.20. The number of rotatable bonds is 1. The molecule has 2 heterocycles.